The fourth-order valence-electron chi connectivity index (χ4n) is 3.43. The highest BCUT2D eigenvalue weighted by molar-refractivity contribution is 8.01. The van der Waals surface area contributed by atoms with E-state index in [1.165, 1.54) is 37.3 Å². The third-order valence-corrected chi connectivity index (χ3v) is 7.06. The van der Waals surface area contributed by atoms with Crippen molar-refractivity contribution in [3.63, 3.8) is 0 Å². The largest absolute Gasteiger partial charge is 0.347 e. The van der Waals surface area contributed by atoms with Crippen molar-refractivity contribution in [1.29, 1.82) is 0 Å². The second kappa shape index (κ2) is 7.04. The average Bonchev–Trinajstić information content (AvgIpc) is 3.05. The van der Waals surface area contributed by atoms with Crippen LogP contribution < -0.4 is 5.32 Å². The number of aromatic nitrogens is 1. The van der Waals surface area contributed by atoms with Crippen LogP contribution in [0.2, 0.25) is 5.02 Å². The Hall–Kier alpha value is -1.08. The predicted molar refractivity (Wildman–Crippen MR) is 98.1 cm³/mol. The van der Waals surface area contributed by atoms with E-state index in [1.54, 1.807) is 24.2 Å². The van der Waals surface area contributed by atoms with Crippen molar-refractivity contribution in [3.05, 3.63) is 40.5 Å². The lowest BCUT2D eigenvalue weighted by molar-refractivity contribution is 0.0622. The van der Waals surface area contributed by atoms with E-state index < -0.39 is 0 Å². The van der Waals surface area contributed by atoms with Crippen LogP contribution in [-0.4, -0.2) is 41.5 Å². The van der Waals surface area contributed by atoms with Crippen molar-refractivity contribution in [2.24, 2.45) is 5.92 Å². The molecule has 3 fully saturated rings. The van der Waals surface area contributed by atoms with Crippen molar-refractivity contribution in [2.45, 2.75) is 28.0 Å². The Balaban J connectivity index is 1.40. The maximum Gasteiger partial charge on any atom is 0.261 e. The van der Waals surface area contributed by atoms with Gasteiger partial charge in [0.15, 0.2) is 0 Å². The van der Waals surface area contributed by atoms with Gasteiger partial charge in [-0.15, -0.1) is 11.3 Å². The van der Waals surface area contributed by atoms with Crippen molar-refractivity contribution in [2.75, 3.05) is 19.6 Å². The third kappa shape index (κ3) is 3.61. The molecule has 1 amide bonds. The number of amides is 1. The highest BCUT2D eigenvalue weighted by Gasteiger charge is 2.35. The zero-order chi connectivity index (χ0) is 16.5. The van der Waals surface area contributed by atoms with E-state index in [-0.39, 0.29) is 5.91 Å². The molecule has 4 nitrogen and oxygen atoms in total. The molecular formula is C17H18ClN3OS2. The van der Waals surface area contributed by atoms with Gasteiger partial charge in [-0.1, -0.05) is 23.4 Å². The summed E-state index contributed by atoms with van der Waals surface area (Å²) in [6, 6.07) is 6.07. The number of pyridine rings is 1. The summed E-state index contributed by atoms with van der Waals surface area (Å²) in [6.45, 7) is 3.37. The number of carbonyl (C=O) groups is 1. The van der Waals surface area contributed by atoms with Crippen molar-refractivity contribution in [1.82, 2.24) is 15.2 Å². The van der Waals surface area contributed by atoms with E-state index in [9.17, 15) is 4.79 Å². The number of hydrogen-bond acceptors (Lipinski definition) is 5. The lowest BCUT2D eigenvalue weighted by Gasteiger charge is -2.44. The van der Waals surface area contributed by atoms with Crippen molar-refractivity contribution < 1.29 is 4.79 Å². The molecule has 24 heavy (non-hydrogen) atoms. The zero-order valence-corrected chi connectivity index (χ0v) is 15.5. The van der Waals surface area contributed by atoms with Crippen LogP contribution in [0.25, 0.3) is 0 Å². The second-order valence-electron chi connectivity index (χ2n) is 6.28. The summed E-state index contributed by atoms with van der Waals surface area (Å²) in [5, 5.41) is 3.86. The smallest absolute Gasteiger partial charge is 0.261 e. The summed E-state index contributed by atoms with van der Waals surface area (Å²) in [4.78, 5) is 20.8. The Morgan fingerprint density at radius 1 is 1.33 bits per heavy atom. The highest BCUT2D eigenvalue weighted by atomic mass is 35.5. The fourth-order valence-corrected chi connectivity index (χ4v) is 5.70. The molecule has 5 heterocycles. The molecule has 2 aromatic heterocycles. The Morgan fingerprint density at radius 3 is 2.88 bits per heavy atom. The Kier molecular flexibility index (Phi) is 4.81. The van der Waals surface area contributed by atoms with E-state index in [4.69, 9.17) is 11.6 Å². The molecule has 0 radical (unpaired) electrons. The maximum absolute atomic E-state index is 12.5. The van der Waals surface area contributed by atoms with Crippen LogP contribution in [0, 0.1) is 5.92 Å². The van der Waals surface area contributed by atoms with Gasteiger partial charge in [0.1, 0.15) is 0 Å². The molecule has 7 heteroatoms. The molecular weight excluding hydrogens is 362 g/mol. The lowest BCUT2D eigenvalue weighted by Crippen LogP contribution is -2.57. The predicted octanol–water partition coefficient (Wildman–Crippen LogP) is 3.77. The number of piperidine rings is 3. The minimum absolute atomic E-state index is 0.0508. The molecule has 0 aromatic carbocycles. The van der Waals surface area contributed by atoms with Crippen LogP contribution in [-0.2, 0) is 0 Å². The molecule has 3 saturated heterocycles. The molecule has 1 N–H and O–H groups in total. The summed E-state index contributed by atoms with van der Waals surface area (Å²) in [7, 11) is 0. The molecule has 0 aliphatic carbocycles. The molecule has 2 aromatic rings. The normalized spacial score (nSPS) is 25.6. The second-order valence-corrected chi connectivity index (χ2v) is 9.17. The summed E-state index contributed by atoms with van der Waals surface area (Å²) in [5.41, 5.74) is 0. The summed E-state index contributed by atoms with van der Waals surface area (Å²) < 4.78 is 1.07. The topological polar surface area (TPSA) is 45.2 Å². The van der Waals surface area contributed by atoms with Gasteiger partial charge in [-0.3, -0.25) is 9.78 Å². The Labute approximate surface area is 154 Å². The highest BCUT2D eigenvalue weighted by Crippen LogP contribution is 2.34. The number of fused-ring (bicyclic) bond motifs is 3. The Bertz CT molecular complexity index is 743. The van der Waals surface area contributed by atoms with Crippen molar-refractivity contribution >= 4 is 40.6 Å². The van der Waals surface area contributed by atoms with Crippen LogP contribution in [0.5, 0.6) is 0 Å². The van der Waals surface area contributed by atoms with Crippen LogP contribution >= 0.6 is 34.7 Å². The van der Waals surface area contributed by atoms with E-state index >= 15 is 0 Å². The summed E-state index contributed by atoms with van der Waals surface area (Å²) in [5.74, 6) is 0.695. The monoisotopic (exact) mass is 379 g/mol. The van der Waals surface area contributed by atoms with Gasteiger partial charge in [-0.2, -0.15) is 0 Å². The number of hydrogen-bond donors (Lipinski definition) is 1. The third-order valence-electron chi connectivity index (χ3n) is 4.68. The van der Waals surface area contributed by atoms with E-state index in [0.717, 1.165) is 20.5 Å². The average molecular weight is 380 g/mol. The van der Waals surface area contributed by atoms with Crippen molar-refractivity contribution in [3.8, 4) is 0 Å². The number of rotatable bonds is 4. The van der Waals surface area contributed by atoms with Gasteiger partial charge >= 0.3 is 0 Å². The molecule has 0 unspecified atom stereocenters. The molecule has 2 bridgehead atoms. The van der Waals surface area contributed by atoms with E-state index in [2.05, 4.69) is 15.2 Å². The number of thiophene rings is 1. The minimum Gasteiger partial charge on any atom is -0.347 e. The molecule has 3 aliphatic rings. The number of nitrogens with one attached hydrogen (secondary N) is 1. The van der Waals surface area contributed by atoms with Gasteiger partial charge in [0.05, 0.1) is 14.1 Å². The SMILES string of the molecule is O=C(N[C@H]1CN2CCC1CC2)c1ccc(Sc2cncc(Cl)c2)s1. The first kappa shape index (κ1) is 16.4. The lowest BCUT2D eigenvalue weighted by atomic mass is 9.84. The van der Waals surface area contributed by atoms with Crippen LogP contribution in [0.4, 0.5) is 0 Å². The van der Waals surface area contributed by atoms with Gasteiger partial charge in [0.2, 0.25) is 0 Å². The number of halogens is 1. The van der Waals surface area contributed by atoms with E-state index in [1.807, 2.05) is 18.2 Å². The Morgan fingerprint density at radius 2 is 2.17 bits per heavy atom. The molecule has 126 valence electrons. The first-order valence-electron chi connectivity index (χ1n) is 8.09. The fraction of sp³-hybridized carbons (Fsp3) is 0.412. The minimum atomic E-state index is 0.0508. The van der Waals surface area contributed by atoms with Crippen LogP contribution in [0.1, 0.15) is 22.5 Å². The van der Waals surface area contributed by atoms with Crippen LogP contribution in [0.15, 0.2) is 39.7 Å². The van der Waals surface area contributed by atoms with Gasteiger partial charge in [-0.05, 0) is 50.0 Å². The van der Waals surface area contributed by atoms with Gasteiger partial charge in [-0.25, -0.2) is 0 Å². The molecule has 3 aliphatic heterocycles. The zero-order valence-electron chi connectivity index (χ0n) is 13.1. The van der Waals surface area contributed by atoms with Gasteiger partial charge in [0, 0.05) is 29.9 Å². The van der Waals surface area contributed by atoms with Crippen LogP contribution in [0.3, 0.4) is 0 Å². The quantitative estimate of drug-likeness (QED) is 0.878. The first-order chi connectivity index (χ1) is 11.7. The van der Waals surface area contributed by atoms with E-state index in [0.29, 0.717) is 17.0 Å². The molecule has 5 rings (SSSR count). The summed E-state index contributed by atoms with van der Waals surface area (Å²) in [6.07, 6.45) is 5.81. The number of nitrogens with zero attached hydrogens (tertiary/aromatic N) is 2. The molecule has 0 saturated carbocycles. The first-order valence-corrected chi connectivity index (χ1v) is 10.1. The maximum atomic E-state index is 12.5. The molecule has 1 atom stereocenters. The number of carbonyl (C=O) groups excluding carboxylic acids is 1. The van der Waals surface area contributed by atoms with Gasteiger partial charge < -0.3 is 10.2 Å². The van der Waals surface area contributed by atoms with Gasteiger partial charge in [0.25, 0.3) is 5.91 Å². The standard InChI is InChI=1S/C17H18ClN3OS2/c18-12-7-13(9-19-8-12)23-16-2-1-15(24-16)17(22)20-14-10-21-5-3-11(14)4-6-21/h1-2,7-9,11,14H,3-6,10H2,(H,20,22)/t14-/m0/s1. The summed E-state index contributed by atoms with van der Waals surface area (Å²) >= 11 is 9.06. The molecule has 0 spiro atoms.